The molecule has 0 spiro atoms. The van der Waals surface area contributed by atoms with Crippen molar-refractivity contribution in [1.82, 2.24) is 25.2 Å². The van der Waals surface area contributed by atoms with Crippen LogP contribution in [0.15, 0.2) is 34.1 Å². The van der Waals surface area contributed by atoms with Crippen molar-refractivity contribution in [2.24, 2.45) is 5.92 Å². The fourth-order valence-electron chi connectivity index (χ4n) is 5.52. The molecule has 1 saturated carbocycles. The summed E-state index contributed by atoms with van der Waals surface area (Å²) in [6, 6.07) is 5.94. The van der Waals surface area contributed by atoms with Crippen LogP contribution in [0.2, 0.25) is 0 Å². The number of amides is 2. The number of thioether (sulfide) groups is 1. The van der Waals surface area contributed by atoms with E-state index in [1.807, 2.05) is 38.3 Å². The van der Waals surface area contributed by atoms with E-state index >= 15 is 0 Å². The summed E-state index contributed by atoms with van der Waals surface area (Å²) in [4.78, 5) is 46.0. The zero-order valence-corrected chi connectivity index (χ0v) is 22.8. The molecule has 1 aliphatic carbocycles. The number of aromatic nitrogens is 3. The monoisotopic (exact) mass is 525 g/mol. The third-order valence-electron chi connectivity index (χ3n) is 7.48. The molecule has 1 aliphatic rings. The second-order valence-electron chi connectivity index (χ2n) is 9.70. The molecular formula is C27H35N5O4S. The minimum atomic E-state index is -0.388. The minimum Gasteiger partial charge on any atom is -0.453 e. The van der Waals surface area contributed by atoms with Crippen molar-refractivity contribution in [2.45, 2.75) is 70.0 Å². The van der Waals surface area contributed by atoms with Crippen molar-refractivity contribution >= 4 is 34.8 Å². The Bertz CT molecular complexity index is 1360. The maximum Gasteiger partial charge on any atom is 0.407 e. The number of pyridine rings is 2. The molecule has 3 aromatic heterocycles. The Morgan fingerprint density at radius 3 is 2.68 bits per heavy atom. The second kappa shape index (κ2) is 11.4. The number of alkyl carbamates (subject to hydrolysis) is 1. The van der Waals surface area contributed by atoms with E-state index in [9.17, 15) is 14.4 Å². The number of aryl methyl sites for hydroxylation is 1. The van der Waals surface area contributed by atoms with Crippen molar-refractivity contribution in [3.8, 4) is 0 Å². The average molecular weight is 526 g/mol. The van der Waals surface area contributed by atoms with Crippen molar-refractivity contribution < 1.29 is 14.3 Å². The number of rotatable bonds is 7. The fraction of sp³-hybridized carbons (Fsp3) is 0.481. The average Bonchev–Trinajstić information content (AvgIpc) is 3.19. The number of H-pyrrole nitrogens is 1. The van der Waals surface area contributed by atoms with Crippen LogP contribution in [-0.4, -0.2) is 45.9 Å². The summed E-state index contributed by atoms with van der Waals surface area (Å²) in [5.74, 6) is 0.164. The maximum absolute atomic E-state index is 13.5. The quantitative estimate of drug-likeness (QED) is 0.392. The number of ether oxygens (including phenoxy) is 1. The number of carbonyl (C=O) groups excluding carboxylic acids is 2. The molecule has 0 saturated heterocycles. The lowest BCUT2D eigenvalue weighted by Gasteiger charge is -2.33. The molecule has 3 N–H and O–H groups in total. The molecule has 9 nitrogen and oxygen atoms in total. The van der Waals surface area contributed by atoms with Crippen LogP contribution in [0.25, 0.3) is 11.0 Å². The summed E-state index contributed by atoms with van der Waals surface area (Å²) in [5.41, 5.74) is 3.39. The maximum atomic E-state index is 13.5. The third kappa shape index (κ3) is 5.53. The lowest BCUT2D eigenvalue weighted by Crippen LogP contribution is -2.38. The molecule has 10 heteroatoms. The molecule has 2 amide bonds. The van der Waals surface area contributed by atoms with Gasteiger partial charge in [0.05, 0.1) is 12.7 Å². The van der Waals surface area contributed by atoms with Crippen LogP contribution in [-0.2, 0) is 11.3 Å². The highest BCUT2D eigenvalue weighted by atomic mass is 32.2. The minimum absolute atomic E-state index is 0.119. The molecular weight excluding hydrogens is 490 g/mol. The van der Waals surface area contributed by atoms with E-state index in [-0.39, 0.29) is 36.2 Å². The molecule has 3 aromatic rings. The zero-order chi connectivity index (χ0) is 26.7. The van der Waals surface area contributed by atoms with Gasteiger partial charge in [0.2, 0.25) is 0 Å². The van der Waals surface area contributed by atoms with Gasteiger partial charge in [-0.1, -0.05) is 0 Å². The van der Waals surface area contributed by atoms with E-state index in [0.717, 1.165) is 53.0 Å². The highest BCUT2D eigenvalue weighted by Crippen LogP contribution is 2.37. The summed E-state index contributed by atoms with van der Waals surface area (Å²) >= 11 is 1.49. The molecule has 1 fully saturated rings. The van der Waals surface area contributed by atoms with Gasteiger partial charge in [0.1, 0.15) is 5.65 Å². The molecule has 3 heterocycles. The molecule has 0 radical (unpaired) electrons. The van der Waals surface area contributed by atoms with Gasteiger partial charge in [-0.15, -0.1) is 11.8 Å². The van der Waals surface area contributed by atoms with Crippen LogP contribution in [0.1, 0.15) is 66.0 Å². The Morgan fingerprint density at radius 1 is 1.27 bits per heavy atom. The molecule has 0 aromatic carbocycles. The first-order valence-corrected chi connectivity index (χ1v) is 13.8. The summed E-state index contributed by atoms with van der Waals surface area (Å²) in [5, 5.41) is 6.69. The first kappa shape index (κ1) is 26.8. The fourth-order valence-corrected chi connectivity index (χ4v) is 6.22. The van der Waals surface area contributed by atoms with E-state index < -0.39 is 0 Å². The number of nitrogens with one attached hydrogen (secondary N) is 3. The number of aromatic amines is 1. The standard InChI is InChI=1S/C27H35N5O4S/c1-15-13-22(37-5)21(25(33)30-15)14-29-26(34)23-17(3)32(24-20(23)7-6-12-28-24)16(2)18-8-10-19(11-9-18)31-27(35)36-4/h6-7,12-13,16,18-19H,8-11,14H2,1-5H3,(H,29,34)(H,30,33)(H,31,35)/t16-,18?,19?/m1/s1. The van der Waals surface area contributed by atoms with Crippen molar-refractivity contribution in [1.29, 1.82) is 0 Å². The van der Waals surface area contributed by atoms with Gasteiger partial charge in [0.25, 0.3) is 11.5 Å². The molecule has 0 unspecified atom stereocenters. The molecule has 4 rings (SSSR count). The summed E-state index contributed by atoms with van der Waals surface area (Å²) < 4.78 is 6.91. The van der Waals surface area contributed by atoms with Gasteiger partial charge in [-0.05, 0) is 76.8 Å². The Kier molecular flexibility index (Phi) is 8.26. The normalized spacial score (nSPS) is 18.4. The largest absolute Gasteiger partial charge is 0.453 e. The third-order valence-corrected chi connectivity index (χ3v) is 8.28. The predicted octanol–water partition coefficient (Wildman–Crippen LogP) is 4.47. The van der Waals surface area contributed by atoms with Crippen molar-refractivity contribution in [2.75, 3.05) is 13.4 Å². The van der Waals surface area contributed by atoms with Gasteiger partial charge in [-0.3, -0.25) is 9.59 Å². The lowest BCUT2D eigenvalue weighted by atomic mass is 9.82. The molecule has 1 atom stereocenters. The lowest BCUT2D eigenvalue weighted by molar-refractivity contribution is 0.0951. The molecule has 198 valence electrons. The highest BCUT2D eigenvalue weighted by molar-refractivity contribution is 7.98. The van der Waals surface area contributed by atoms with E-state index in [1.54, 1.807) is 6.20 Å². The highest BCUT2D eigenvalue weighted by Gasteiger charge is 2.31. The van der Waals surface area contributed by atoms with E-state index in [2.05, 4.69) is 32.1 Å². The summed E-state index contributed by atoms with van der Waals surface area (Å²) in [6.07, 6.45) is 6.95. The number of nitrogens with zero attached hydrogens (tertiary/aromatic N) is 2. The number of fused-ring (bicyclic) bond motifs is 1. The molecule has 0 aliphatic heterocycles. The molecule has 0 bridgehead atoms. The van der Waals surface area contributed by atoms with Gasteiger partial charge >= 0.3 is 6.09 Å². The van der Waals surface area contributed by atoms with Crippen LogP contribution >= 0.6 is 11.8 Å². The second-order valence-corrected chi connectivity index (χ2v) is 10.6. The van der Waals surface area contributed by atoms with Crippen LogP contribution in [0.3, 0.4) is 0 Å². The summed E-state index contributed by atoms with van der Waals surface area (Å²) in [6.45, 7) is 6.13. The zero-order valence-electron chi connectivity index (χ0n) is 22.0. The van der Waals surface area contributed by atoms with E-state index in [0.29, 0.717) is 17.0 Å². The van der Waals surface area contributed by atoms with Gasteiger partial charge in [-0.25, -0.2) is 9.78 Å². The van der Waals surface area contributed by atoms with Crippen LogP contribution in [0.5, 0.6) is 0 Å². The van der Waals surface area contributed by atoms with Crippen molar-refractivity contribution in [3.05, 3.63) is 57.3 Å². The smallest absolute Gasteiger partial charge is 0.407 e. The van der Waals surface area contributed by atoms with E-state index in [1.165, 1.54) is 18.9 Å². The topological polar surface area (TPSA) is 118 Å². The number of carbonyl (C=O) groups is 2. The number of methoxy groups -OCH3 is 1. The Morgan fingerprint density at radius 2 is 2.00 bits per heavy atom. The van der Waals surface area contributed by atoms with Crippen LogP contribution in [0, 0.1) is 19.8 Å². The van der Waals surface area contributed by atoms with Gasteiger partial charge < -0.3 is 24.9 Å². The Balaban J connectivity index is 1.57. The Hall–Kier alpha value is -3.27. The van der Waals surface area contributed by atoms with Gasteiger partial charge in [0.15, 0.2) is 0 Å². The van der Waals surface area contributed by atoms with Gasteiger partial charge in [-0.2, -0.15) is 0 Å². The SMILES string of the molecule is COC(=O)NC1CCC([C@@H](C)n2c(C)c(C(=O)NCc3c(SC)cc(C)[nH]c3=O)c3cccnc32)CC1. The van der Waals surface area contributed by atoms with Gasteiger partial charge in [0, 0.05) is 52.1 Å². The first-order chi connectivity index (χ1) is 17.7. The number of hydrogen-bond donors (Lipinski definition) is 3. The van der Waals surface area contributed by atoms with Crippen molar-refractivity contribution in [3.63, 3.8) is 0 Å². The number of hydrogen-bond acceptors (Lipinski definition) is 6. The van der Waals surface area contributed by atoms with E-state index in [4.69, 9.17) is 4.74 Å². The van der Waals surface area contributed by atoms with Crippen LogP contribution in [0.4, 0.5) is 4.79 Å². The molecule has 37 heavy (non-hydrogen) atoms. The first-order valence-electron chi connectivity index (χ1n) is 12.6. The van der Waals surface area contributed by atoms with Crippen LogP contribution < -0.4 is 16.2 Å². The Labute approximate surface area is 220 Å². The predicted molar refractivity (Wildman–Crippen MR) is 145 cm³/mol. The summed E-state index contributed by atoms with van der Waals surface area (Å²) in [7, 11) is 1.38.